The zero-order valence-corrected chi connectivity index (χ0v) is 17.8. The molecular formula is C21H42N2Si. The first-order chi connectivity index (χ1) is 11.8. The number of rotatable bonds is 7. The van der Waals surface area contributed by atoms with E-state index >= 15 is 0 Å². The maximum atomic E-state index is 4.49. The predicted octanol–water partition coefficient (Wildman–Crippen LogP) is 4.82. The first kappa shape index (κ1) is 20.2. The van der Waals surface area contributed by atoms with Crippen molar-refractivity contribution in [1.82, 2.24) is 9.80 Å². The standard InChI is InChI=1S/C21H42N2Si/c1-3-24-19-20(2)18-21(22-14-10-6-4-7-11-15-22)23-16-12-8-5-9-13-17-23/h21H,2-19,24H2,1H3. The molecule has 0 unspecified atom stereocenters. The Morgan fingerprint density at radius 3 is 1.62 bits per heavy atom. The molecule has 0 aromatic heterocycles. The van der Waals surface area contributed by atoms with Gasteiger partial charge in [0.25, 0.3) is 0 Å². The predicted molar refractivity (Wildman–Crippen MR) is 111 cm³/mol. The molecule has 0 aromatic carbocycles. The van der Waals surface area contributed by atoms with Crippen LogP contribution in [0.15, 0.2) is 12.2 Å². The van der Waals surface area contributed by atoms with Crippen molar-refractivity contribution in [2.75, 3.05) is 26.2 Å². The van der Waals surface area contributed by atoms with E-state index in [0.29, 0.717) is 6.17 Å². The van der Waals surface area contributed by atoms with Gasteiger partial charge in [-0.25, -0.2) is 0 Å². The summed E-state index contributed by atoms with van der Waals surface area (Å²) >= 11 is 0. The Bertz CT molecular complexity index is 307. The van der Waals surface area contributed by atoms with Gasteiger partial charge in [-0.15, -0.1) is 6.58 Å². The third-order valence-corrected chi connectivity index (χ3v) is 7.75. The minimum atomic E-state index is 0.113. The summed E-state index contributed by atoms with van der Waals surface area (Å²) in [4.78, 5) is 5.69. The molecule has 0 atom stereocenters. The van der Waals surface area contributed by atoms with Crippen LogP contribution < -0.4 is 0 Å². The molecule has 2 saturated heterocycles. The Labute approximate surface area is 153 Å². The largest absolute Gasteiger partial charge is 0.288 e. The van der Waals surface area contributed by atoms with Crippen molar-refractivity contribution in [1.29, 1.82) is 0 Å². The van der Waals surface area contributed by atoms with E-state index in [0.717, 1.165) is 0 Å². The molecule has 0 saturated carbocycles. The van der Waals surface area contributed by atoms with Crippen LogP contribution >= 0.6 is 0 Å². The highest BCUT2D eigenvalue weighted by atomic mass is 28.2. The first-order valence-corrected chi connectivity index (χ1v) is 13.0. The lowest BCUT2D eigenvalue weighted by molar-refractivity contribution is 0.0309. The Hall–Kier alpha value is -0.123. The second-order valence-corrected chi connectivity index (χ2v) is 10.4. The Kier molecular flexibility index (Phi) is 10.3. The van der Waals surface area contributed by atoms with Crippen LogP contribution in [0.3, 0.4) is 0 Å². The lowest BCUT2D eigenvalue weighted by atomic mass is 10.0. The van der Waals surface area contributed by atoms with Gasteiger partial charge in [0.1, 0.15) is 0 Å². The third-order valence-electron chi connectivity index (χ3n) is 5.98. The van der Waals surface area contributed by atoms with Crippen LogP contribution in [0, 0.1) is 0 Å². The average Bonchev–Trinajstić information content (AvgIpc) is 2.51. The monoisotopic (exact) mass is 350 g/mol. The lowest BCUT2D eigenvalue weighted by Gasteiger charge is -2.42. The fraction of sp³-hybridized carbons (Fsp3) is 0.905. The minimum Gasteiger partial charge on any atom is -0.288 e. The van der Waals surface area contributed by atoms with Gasteiger partial charge in [0, 0.05) is 9.52 Å². The Morgan fingerprint density at radius 1 is 0.792 bits per heavy atom. The molecule has 0 N–H and O–H groups in total. The molecule has 3 heteroatoms. The van der Waals surface area contributed by atoms with Crippen LogP contribution in [-0.4, -0.2) is 51.7 Å². The van der Waals surface area contributed by atoms with E-state index in [9.17, 15) is 0 Å². The lowest BCUT2D eigenvalue weighted by Crippen LogP contribution is -2.50. The zero-order chi connectivity index (χ0) is 17.0. The van der Waals surface area contributed by atoms with E-state index in [2.05, 4.69) is 23.3 Å². The van der Waals surface area contributed by atoms with Crippen molar-refractivity contribution in [3.8, 4) is 0 Å². The molecule has 2 aliphatic rings. The molecule has 2 heterocycles. The van der Waals surface area contributed by atoms with E-state index in [1.807, 2.05) is 0 Å². The van der Waals surface area contributed by atoms with Crippen LogP contribution in [0.2, 0.25) is 12.1 Å². The maximum absolute atomic E-state index is 4.49. The fourth-order valence-electron chi connectivity index (χ4n) is 4.42. The number of hydrogen-bond acceptors (Lipinski definition) is 2. The Balaban J connectivity index is 2.01. The van der Waals surface area contributed by atoms with Crippen LogP contribution in [-0.2, 0) is 0 Å². The van der Waals surface area contributed by atoms with Crippen molar-refractivity contribution in [2.45, 2.75) is 95.8 Å². The summed E-state index contributed by atoms with van der Waals surface area (Å²) in [5, 5.41) is 0. The highest BCUT2D eigenvalue weighted by Crippen LogP contribution is 2.23. The smallest absolute Gasteiger partial charge is 0.0660 e. The zero-order valence-electron chi connectivity index (χ0n) is 16.4. The molecule has 0 amide bonds. The van der Waals surface area contributed by atoms with Crippen molar-refractivity contribution in [3.63, 3.8) is 0 Å². The van der Waals surface area contributed by atoms with E-state index in [-0.39, 0.29) is 9.52 Å². The third kappa shape index (κ3) is 7.41. The topological polar surface area (TPSA) is 6.48 Å². The minimum absolute atomic E-state index is 0.113. The van der Waals surface area contributed by atoms with Crippen molar-refractivity contribution in [3.05, 3.63) is 12.2 Å². The average molecular weight is 351 g/mol. The van der Waals surface area contributed by atoms with E-state index in [1.54, 1.807) is 5.57 Å². The highest BCUT2D eigenvalue weighted by Gasteiger charge is 2.26. The Morgan fingerprint density at radius 2 is 1.21 bits per heavy atom. The molecule has 2 fully saturated rings. The van der Waals surface area contributed by atoms with E-state index < -0.39 is 0 Å². The normalized spacial score (nSPS) is 23.1. The summed E-state index contributed by atoms with van der Waals surface area (Å²) in [7, 11) is 0.113. The second kappa shape index (κ2) is 12.3. The molecule has 0 spiro atoms. The van der Waals surface area contributed by atoms with Crippen LogP contribution in [0.25, 0.3) is 0 Å². The number of nitrogens with zero attached hydrogens (tertiary/aromatic N) is 2. The van der Waals surface area contributed by atoms with Gasteiger partial charge in [0.05, 0.1) is 6.17 Å². The van der Waals surface area contributed by atoms with Gasteiger partial charge in [-0.2, -0.15) is 0 Å². The molecule has 2 nitrogen and oxygen atoms in total. The van der Waals surface area contributed by atoms with Crippen LogP contribution in [0.4, 0.5) is 0 Å². The maximum Gasteiger partial charge on any atom is 0.0660 e. The van der Waals surface area contributed by atoms with Gasteiger partial charge in [-0.3, -0.25) is 9.80 Å². The van der Waals surface area contributed by atoms with Gasteiger partial charge in [-0.05, 0) is 64.3 Å². The highest BCUT2D eigenvalue weighted by molar-refractivity contribution is 6.36. The van der Waals surface area contributed by atoms with Crippen LogP contribution in [0.1, 0.15) is 77.6 Å². The summed E-state index contributed by atoms with van der Waals surface area (Å²) in [6.45, 7) is 12.1. The van der Waals surface area contributed by atoms with Crippen molar-refractivity contribution in [2.24, 2.45) is 0 Å². The molecule has 0 bridgehead atoms. The molecule has 2 aliphatic heterocycles. The van der Waals surface area contributed by atoms with E-state index in [1.165, 1.54) is 109 Å². The summed E-state index contributed by atoms with van der Waals surface area (Å²) in [5.74, 6) is 0. The molecule has 0 aliphatic carbocycles. The van der Waals surface area contributed by atoms with Gasteiger partial charge < -0.3 is 0 Å². The molecule has 24 heavy (non-hydrogen) atoms. The number of hydrogen-bond donors (Lipinski definition) is 0. The first-order valence-electron chi connectivity index (χ1n) is 11.0. The summed E-state index contributed by atoms with van der Waals surface area (Å²) < 4.78 is 0. The van der Waals surface area contributed by atoms with Gasteiger partial charge in [-0.1, -0.05) is 57.1 Å². The molecule has 0 radical (unpaired) electrons. The van der Waals surface area contributed by atoms with Crippen LogP contribution in [0.5, 0.6) is 0 Å². The molecule has 140 valence electrons. The summed E-state index contributed by atoms with van der Waals surface area (Å²) in [6.07, 6.45) is 16.2. The van der Waals surface area contributed by atoms with Gasteiger partial charge >= 0.3 is 0 Å². The van der Waals surface area contributed by atoms with Gasteiger partial charge in [0.15, 0.2) is 0 Å². The molecule has 0 aromatic rings. The van der Waals surface area contributed by atoms with Gasteiger partial charge in [0.2, 0.25) is 0 Å². The second-order valence-electron chi connectivity index (χ2n) is 8.15. The number of likely N-dealkylation sites (tertiary alicyclic amines) is 2. The van der Waals surface area contributed by atoms with Crippen molar-refractivity contribution >= 4 is 9.52 Å². The van der Waals surface area contributed by atoms with E-state index in [4.69, 9.17) is 0 Å². The SMILES string of the molecule is C=C(C[SiH2]CC)CC(N1CCCCCCC1)N1CCCCCCC1. The summed E-state index contributed by atoms with van der Waals surface area (Å²) in [5.41, 5.74) is 1.55. The molecular weight excluding hydrogens is 308 g/mol. The molecule has 2 rings (SSSR count). The van der Waals surface area contributed by atoms with Crippen molar-refractivity contribution < 1.29 is 0 Å². The summed E-state index contributed by atoms with van der Waals surface area (Å²) in [6, 6.07) is 2.80. The fourth-order valence-corrected chi connectivity index (χ4v) is 5.47. The quantitative estimate of drug-likeness (QED) is 0.480.